The fourth-order valence-corrected chi connectivity index (χ4v) is 5.41. The summed E-state index contributed by atoms with van der Waals surface area (Å²) in [5.74, 6) is 2.12. The molecule has 2 amide bonds. The maximum atomic E-state index is 12.7. The Morgan fingerprint density at radius 1 is 1.03 bits per heavy atom. The number of rotatable bonds is 7. The van der Waals surface area contributed by atoms with Crippen molar-refractivity contribution in [3.8, 4) is 17.2 Å². The van der Waals surface area contributed by atoms with E-state index in [9.17, 15) is 14.7 Å². The van der Waals surface area contributed by atoms with Crippen LogP contribution in [0.15, 0.2) is 36.4 Å². The number of hydrogen-bond donors (Lipinski definition) is 3. The van der Waals surface area contributed by atoms with Gasteiger partial charge >= 0.3 is 0 Å². The molecule has 9 nitrogen and oxygen atoms in total. The van der Waals surface area contributed by atoms with Gasteiger partial charge in [0.2, 0.25) is 18.6 Å². The van der Waals surface area contributed by atoms with Crippen LogP contribution < -0.4 is 24.8 Å². The summed E-state index contributed by atoms with van der Waals surface area (Å²) in [5.41, 5.74) is 2.65. The summed E-state index contributed by atoms with van der Waals surface area (Å²) >= 11 is 0. The number of nitrogens with one attached hydrogen (secondary N) is 2. The Morgan fingerprint density at radius 3 is 2.67 bits per heavy atom. The van der Waals surface area contributed by atoms with Gasteiger partial charge in [0, 0.05) is 29.6 Å². The molecule has 36 heavy (non-hydrogen) atoms. The molecule has 0 radical (unpaired) electrons. The second kappa shape index (κ2) is 9.63. The quantitative estimate of drug-likeness (QED) is 0.542. The molecule has 0 bridgehead atoms. The third-order valence-corrected chi connectivity index (χ3v) is 7.58. The van der Waals surface area contributed by atoms with Crippen LogP contribution in [0.3, 0.4) is 0 Å². The van der Waals surface area contributed by atoms with E-state index in [1.165, 1.54) is 0 Å². The highest BCUT2D eigenvalue weighted by atomic mass is 16.7. The third kappa shape index (κ3) is 4.49. The molecule has 1 saturated carbocycles. The predicted octanol–water partition coefficient (Wildman–Crippen LogP) is 2.85. The Morgan fingerprint density at radius 2 is 1.86 bits per heavy atom. The highest BCUT2D eigenvalue weighted by Gasteiger charge is 2.46. The fourth-order valence-electron chi connectivity index (χ4n) is 5.41. The van der Waals surface area contributed by atoms with E-state index in [4.69, 9.17) is 18.9 Å². The van der Waals surface area contributed by atoms with Crippen LogP contribution in [0.25, 0.3) is 0 Å². The first-order valence-electron chi connectivity index (χ1n) is 12.6. The maximum absolute atomic E-state index is 12.7. The normalized spacial score (nSPS) is 25.8. The molecule has 9 heteroatoms. The average molecular weight is 495 g/mol. The minimum absolute atomic E-state index is 0.0295. The number of ether oxygens (including phenoxy) is 4. The van der Waals surface area contributed by atoms with Crippen molar-refractivity contribution in [2.45, 2.75) is 62.9 Å². The van der Waals surface area contributed by atoms with Crippen molar-refractivity contribution < 1.29 is 33.6 Å². The minimum Gasteiger partial charge on any atom is -0.487 e. The Kier molecular flexibility index (Phi) is 6.18. The van der Waals surface area contributed by atoms with E-state index >= 15 is 0 Å². The Hall–Kier alpha value is -3.30. The number of benzene rings is 2. The SMILES string of the molecule is O=C(C[C@@H]1C[C@H]2c3cc(NC(=O)C4CCC4)ccc3O[C@H]2[C@H](CO)O1)NCc1ccc2c(c1)OCO2. The van der Waals surface area contributed by atoms with Gasteiger partial charge < -0.3 is 34.7 Å². The number of amides is 2. The minimum atomic E-state index is -0.532. The van der Waals surface area contributed by atoms with Crippen LogP contribution in [-0.4, -0.2) is 48.6 Å². The van der Waals surface area contributed by atoms with Crippen molar-refractivity contribution in [2.75, 3.05) is 18.7 Å². The molecule has 4 atom stereocenters. The molecule has 0 spiro atoms. The summed E-state index contributed by atoms with van der Waals surface area (Å²) in [5, 5.41) is 16.0. The van der Waals surface area contributed by atoms with Crippen molar-refractivity contribution in [3.05, 3.63) is 47.5 Å². The van der Waals surface area contributed by atoms with Gasteiger partial charge in [-0.05, 0) is 55.2 Å². The molecule has 1 aliphatic carbocycles. The first-order chi connectivity index (χ1) is 17.6. The highest BCUT2D eigenvalue weighted by Crippen LogP contribution is 2.47. The maximum Gasteiger partial charge on any atom is 0.231 e. The molecule has 0 aromatic heterocycles. The van der Waals surface area contributed by atoms with Crippen molar-refractivity contribution >= 4 is 17.5 Å². The number of carbonyl (C=O) groups is 2. The van der Waals surface area contributed by atoms with Gasteiger partial charge in [-0.15, -0.1) is 0 Å². The number of carbonyl (C=O) groups excluding carboxylic acids is 2. The van der Waals surface area contributed by atoms with E-state index in [1.54, 1.807) is 0 Å². The molecule has 3 N–H and O–H groups in total. The topological polar surface area (TPSA) is 115 Å². The van der Waals surface area contributed by atoms with Gasteiger partial charge in [0.05, 0.1) is 19.1 Å². The lowest BCUT2D eigenvalue weighted by atomic mass is 9.83. The van der Waals surface area contributed by atoms with E-state index in [1.807, 2.05) is 36.4 Å². The van der Waals surface area contributed by atoms with Gasteiger partial charge in [-0.2, -0.15) is 0 Å². The first kappa shape index (κ1) is 23.1. The van der Waals surface area contributed by atoms with Crippen molar-refractivity contribution in [2.24, 2.45) is 5.92 Å². The summed E-state index contributed by atoms with van der Waals surface area (Å²) < 4.78 is 22.9. The van der Waals surface area contributed by atoms with Crippen LogP contribution in [0, 0.1) is 5.92 Å². The molecular weight excluding hydrogens is 464 g/mol. The zero-order valence-electron chi connectivity index (χ0n) is 19.9. The molecule has 2 aromatic rings. The zero-order valence-corrected chi connectivity index (χ0v) is 19.9. The van der Waals surface area contributed by atoms with Crippen LogP contribution in [0.5, 0.6) is 17.2 Å². The van der Waals surface area contributed by atoms with Crippen LogP contribution in [0.4, 0.5) is 5.69 Å². The van der Waals surface area contributed by atoms with Gasteiger partial charge in [-0.1, -0.05) is 12.5 Å². The summed E-state index contributed by atoms with van der Waals surface area (Å²) in [6.07, 6.45) is 2.54. The number of anilines is 1. The molecule has 190 valence electrons. The van der Waals surface area contributed by atoms with Crippen molar-refractivity contribution in [1.82, 2.24) is 5.32 Å². The number of hydrogen-bond acceptors (Lipinski definition) is 7. The summed E-state index contributed by atoms with van der Waals surface area (Å²) in [7, 11) is 0. The van der Waals surface area contributed by atoms with Crippen molar-refractivity contribution in [3.63, 3.8) is 0 Å². The van der Waals surface area contributed by atoms with E-state index in [2.05, 4.69) is 10.6 Å². The lowest BCUT2D eigenvalue weighted by Gasteiger charge is -2.37. The summed E-state index contributed by atoms with van der Waals surface area (Å²) in [6.45, 7) is 0.378. The van der Waals surface area contributed by atoms with Gasteiger partial charge in [-0.25, -0.2) is 0 Å². The zero-order chi connectivity index (χ0) is 24.6. The average Bonchev–Trinajstić information content (AvgIpc) is 3.45. The van der Waals surface area contributed by atoms with Gasteiger partial charge in [0.25, 0.3) is 0 Å². The monoisotopic (exact) mass is 494 g/mol. The smallest absolute Gasteiger partial charge is 0.231 e. The molecular formula is C27H30N2O7. The first-order valence-corrected chi connectivity index (χ1v) is 12.6. The largest absolute Gasteiger partial charge is 0.487 e. The lowest BCUT2D eigenvalue weighted by molar-refractivity contribution is -0.142. The number of fused-ring (bicyclic) bond motifs is 4. The molecule has 3 aliphatic heterocycles. The molecule has 6 rings (SSSR count). The standard InChI is InChI=1S/C27H30N2O7/c30-13-24-26-20(19-9-17(5-7-21(19)36-26)29-27(32)16-2-1-3-16)10-18(35-24)11-25(31)28-12-15-4-6-22-23(8-15)34-14-33-22/h4-9,16,18,20,24,26,30H,1-3,10-14H2,(H,28,31)(H,29,32)/t18-,20-,24-,26+/m0/s1. The van der Waals surface area contributed by atoms with E-state index in [-0.39, 0.29) is 55.7 Å². The van der Waals surface area contributed by atoms with Gasteiger partial charge in [0.1, 0.15) is 18.0 Å². The molecule has 2 fully saturated rings. The fraction of sp³-hybridized carbons (Fsp3) is 0.481. The lowest BCUT2D eigenvalue weighted by Crippen LogP contribution is -2.47. The third-order valence-electron chi connectivity index (χ3n) is 7.58. The molecule has 1 saturated heterocycles. The predicted molar refractivity (Wildman–Crippen MR) is 129 cm³/mol. The second-order valence-electron chi connectivity index (χ2n) is 9.94. The Balaban J connectivity index is 1.10. The van der Waals surface area contributed by atoms with E-state index < -0.39 is 6.10 Å². The molecule has 0 unspecified atom stereocenters. The van der Waals surface area contributed by atoms with Crippen LogP contribution in [0.2, 0.25) is 0 Å². The summed E-state index contributed by atoms with van der Waals surface area (Å²) in [6, 6.07) is 11.3. The van der Waals surface area contributed by atoms with E-state index in [0.29, 0.717) is 24.5 Å². The van der Waals surface area contributed by atoms with Gasteiger partial charge in [0.15, 0.2) is 11.5 Å². The highest BCUT2D eigenvalue weighted by molar-refractivity contribution is 5.93. The molecule has 2 aromatic carbocycles. The van der Waals surface area contributed by atoms with Crippen molar-refractivity contribution in [1.29, 1.82) is 0 Å². The second-order valence-corrected chi connectivity index (χ2v) is 9.94. The van der Waals surface area contributed by atoms with Gasteiger partial charge in [-0.3, -0.25) is 9.59 Å². The van der Waals surface area contributed by atoms with Crippen LogP contribution >= 0.6 is 0 Å². The Labute approximate surface area is 209 Å². The summed E-state index contributed by atoms with van der Waals surface area (Å²) in [4.78, 5) is 25.2. The Bertz CT molecular complexity index is 1160. The van der Waals surface area contributed by atoms with E-state index in [0.717, 1.165) is 41.8 Å². The number of aliphatic hydroxyl groups is 1. The molecule has 3 heterocycles. The number of aliphatic hydroxyl groups excluding tert-OH is 1. The van der Waals surface area contributed by atoms with Crippen LogP contribution in [0.1, 0.15) is 49.1 Å². The van der Waals surface area contributed by atoms with Crippen LogP contribution in [-0.2, 0) is 20.9 Å². The molecule has 4 aliphatic rings.